The smallest absolute Gasteiger partial charge is 0.279 e. The van der Waals surface area contributed by atoms with E-state index in [9.17, 15) is 41.9 Å². The van der Waals surface area contributed by atoms with E-state index in [0.29, 0.717) is 0 Å². The number of ketones is 1. The molecule has 15 heteroatoms. The zero-order chi connectivity index (χ0) is 27.2. The Bertz CT molecular complexity index is 1380. The molecule has 0 radical (unpaired) electrons. The molecule has 2 aromatic rings. The lowest BCUT2D eigenvalue weighted by Gasteiger charge is -2.19. The Kier molecular flexibility index (Phi) is 7.32. The van der Waals surface area contributed by atoms with Crippen molar-refractivity contribution in [2.45, 2.75) is 37.5 Å². The largest absolute Gasteiger partial charge is 0.289 e. The molecule has 0 aliphatic heterocycles. The SMILES string of the molecule is CCN(CC)S(=O)(=O)c1cc2c(c([N+](=O)[O-])c1)-c1c(cc(S(=O)(=O)N(CC)CC)cc1[N+](=O)[O-])C2=O. The summed E-state index contributed by atoms with van der Waals surface area (Å²) in [5.41, 5.74) is -3.31. The zero-order valence-corrected chi connectivity index (χ0v) is 21.6. The number of nitro benzene ring substituents is 2. The summed E-state index contributed by atoms with van der Waals surface area (Å²) in [6.07, 6.45) is 0. The molecule has 0 heterocycles. The van der Waals surface area contributed by atoms with E-state index in [2.05, 4.69) is 0 Å². The summed E-state index contributed by atoms with van der Waals surface area (Å²) in [5, 5.41) is 23.9. The van der Waals surface area contributed by atoms with Gasteiger partial charge in [-0.2, -0.15) is 8.61 Å². The van der Waals surface area contributed by atoms with E-state index >= 15 is 0 Å². The van der Waals surface area contributed by atoms with Crippen molar-refractivity contribution in [2.75, 3.05) is 26.2 Å². The Hall–Kier alpha value is -3.27. The van der Waals surface area contributed by atoms with Gasteiger partial charge in [-0.05, 0) is 12.1 Å². The molecular weight excluding hydrogens is 516 g/mol. The maximum absolute atomic E-state index is 13.4. The summed E-state index contributed by atoms with van der Waals surface area (Å²) in [6, 6.07) is 3.42. The van der Waals surface area contributed by atoms with Crippen LogP contribution in [0.3, 0.4) is 0 Å². The van der Waals surface area contributed by atoms with Crippen LogP contribution in [-0.4, -0.2) is 67.3 Å². The highest BCUT2D eigenvalue weighted by Gasteiger charge is 2.42. The molecular formula is C21H24N4O9S2. The van der Waals surface area contributed by atoms with Crippen molar-refractivity contribution in [3.05, 3.63) is 55.6 Å². The summed E-state index contributed by atoms with van der Waals surface area (Å²) in [7, 11) is -8.45. The average Bonchev–Trinajstić information content (AvgIpc) is 3.11. The number of benzene rings is 2. The van der Waals surface area contributed by atoms with Gasteiger partial charge in [-0.3, -0.25) is 25.0 Å². The first kappa shape index (κ1) is 27.3. The number of carbonyl (C=O) groups excluding carboxylic acids is 1. The van der Waals surface area contributed by atoms with Crippen molar-refractivity contribution < 1.29 is 31.5 Å². The predicted octanol–water partition coefficient (Wildman–Crippen LogP) is 2.78. The van der Waals surface area contributed by atoms with E-state index in [4.69, 9.17) is 0 Å². The summed E-state index contributed by atoms with van der Waals surface area (Å²) in [6.45, 7) is 6.56. The molecule has 0 N–H and O–H groups in total. The van der Waals surface area contributed by atoms with Crippen molar-refractivity contribution in [2.24, 2.45) is 0 Å². The number of sulfonamides is 2. The molecule has 0 unspecified atom stereocenters. The van der Waals surface area contributed by atoms with Crippen LogP contribution in [0.15, 0.2) is 34.1 Å². The first-order valence-electron chi connectivity index (χ1n) is 11.0. The van der Waals surface area contributed by atoms with Crippen molar-refractivity contribution in [3.8, 4) is 11.1 Å². The van der Waals surface area contributed by atoms with Crippen LogP contribution < -0.4 is 0 Å². The fraction of sp³-hybridized carbons (Fsp3) is 0.381. The Morgan fingerprint density at radius 1 is 0.667 bits per heavy atom. The summed E-state index contributed by atoms with van der Waals surface area (Å²) in [5.74, 6) is -0.945. The Morgan fingerprint density at radius 3 is 1.22 bits per heavy atom. The highest BCUT2D eigenvalue weighted by molar-refractivity contribution is 7.89. The van der Waals surface area contributed by atoms with Crippen molar-refractivity contribution in [3.63, 3.8) is 0 Å². The number of hydrogen-bond acceptors (Lipinski definition) is 9. The number of nitro groups is 2. The van der Waals surface area contributed by atoms with Crippen LogP contribution in [0, 0.1) is 20.2 Å². The molecule has 36 heavy (non-hydrogen) atoms. The third kappa shape index (κ3) is 4.17. The average molecular weight is 541 g/mol. The van der Waals surface area contributed by atoms with Gasteiger partial charge in [0.2, 0.25) is 20.0 Å². The first-order valence-corrected chi connectivity index (χ1v) is 13.9. The number of hydrogen-bond donors (Lipinski definition) is 0. The molecule has 0 fully saturated rings. The van der Waals surface area contributed by atoms with Crippen LogP contribution in [0.25, 0.3) is 11.1 Å². The fourth-order valence-corrected chi connectivity index (χ4v) is 7.25. The standard InChI is InChI=1S/C21H24N4O9S2/c1-5-22(6-2)35(31,32)13-9-15-19(17(11-13)24(27)28)20-16(21(15)26)10-14(12-18(20)25(29)30)36(33,34)23(7-3)8-4/h9-12H,5-8H2,1-4H3. The van der Waals surface area contributed by atoms with Gasteiger partial charge < -0.3 is 0 Å². The third-order valence-electron chi connectivity index (χ3n) is 6.00. The minimum Gasteiger partial charge on any atom is -0.289 e. The maximum atomic E-state index is 13.4. The van der Waals surface area contributed by atoms with Gasteiger partial charge in [0.15, 0.2) is 5.78 Å². The Balaban J connectivity index is 2.41. The number of rotatable bonds is 10. The number of fused-ring (bicyclic) bond motifs is 3. The van der Waals surface area contributed by atoms with Crippen molar-refractivity contribution in [1.82, 2.24) is 8.61 Å². The predicted molar refractivity (Wildman–Crippen MR) is 129 cm³/mol. The lowest BCUT2D eigenvalue weighted by Crippen LogP contribution is -2.30. The van der Waals surface area contributed by atoms with Crippen LogP contribution in [0.4, 0.5) is 11.4 Å². The van der Waals surface area contributed by atoms with Crippen molar-refractivity contribution >= 4 is 37.2 Å². The fourth-order valence-electron chi connectivity index (χ4n) is 4.24. The molecule has 194 valence electrons. The monoisotopic (exact) mass is 540 g/mol. The van der Waals surface area contributed by atoms with Gasteiger partial charge >= 0.3 is 0 Å². The molecule has 2 aromatic carbocycles. The highest BCUT2D eigenvalue weighted by Crippen LogP contribution is 2.49. The highest BCUT2D eigenvalue weighted by atomic mass is 32.2. The van der Waals surface area contributed by atoms with Gasteiger partial charge in [-0.25, -0.2) is 16.8 Å². The first-order chi connectivity index (χ1) is 16.8. The topological polar surface area (TPSA) is 178 Å². The molecule has 1 aliphatic carbocycles. The van der Waals surface area contributed by atoms with Gasteiger partial charge in [-0.15, -0.1) is 0 Å². The minimum atomic E-state index is -4.23. The molecule has 0 spiro atoms. The molecule has 1 aliphatic rings. The lowest BCUT2D eigenvalue weighted by atomic mass is 10.0. The molecule has 0 saturated heterocycles. The van der Waals surface area contributed by atoms with Gasteiger partial charge in [0.05, 0.1) is 30.8 Å². The van der Waals surface area contributed by atoms with Crippen LogP contribution in [0.2, 0.25) is 0 Å². The second-order valence-electron chi connectivity index (χ2n) is 7.75. The maximum Gasteiger partial charge on any atom is 0.279 e. The number of carbonyl (C=O) groups is 1. The second kappa shape index (κ2) is 9.65. The van der Waals surface area contributed by atoms with E-state index in [1.54, 1.807) is 27.7 Å². The summed E-state index contributed by atoms with van der Waals surface area (Å²) >= 11 is 0. The summed E-state index contributed by atoms with van der Waals surface area (Å²) < 4.78 is 54.3. The molecule has 0 atom stereocenters. The van der Waals surface area contributed by atoms with E-state index in [-0.39, 0.29) is 26.2 Å². The van der Waals surface area contributed by atoms with Gasteiger partial charge in [0.25, 0.3) is 11.4 Å². The quantitative estimate of drug-likeness (QED) is 0.276. The van der Waals surface area contributed by atoms with Crippen molar-refractivity contribution in [1.29, 1.82) is 0 Å². The van der Waals surface area contributed by atoms with Crippen LogP contribution in [0.1, 0.15) is 43.6 Å². The van der Waals surface area contributed by atoms with E-state index in [1.165, 1.54) is 0 Å². The number of nitrogens with zero attached hydrogens (tertiary/aromatic N) is 4. The van der Waals surface area contributed by atoms with Crippen LogP contribution in [0.5, 0.6) is 0 Å². The Morgan fingerprint density at radius 2 is 0.972 bits per heavy atom. The van der Waals surface area contributed by atoms with E-state index < -0.39 is 79.1 Å². The zero-order valence-electron chi connectivity index (χ0n) is 19.9. The van der Waals surface area contributed by atoms with Crippen LogP contribution in [-0.2, 0) is 20.0 Å². The molecule has 0 bridgehead atoms. The molecule has 13 nitrogen and oxygen atoms in total. The Labute approximate surface area is 207 Å². The third-order valence-corrected chi connectivity index (χ3v) is 10.1. The molecule has 3 rings (SSSR count). The normalized spacial score (nSPS) is 13.2. The van der Waals surface area contributed by atoms with Gasteiger partial charge in [0, 0.05) is 49.4 Å². The summed E-state index contributed by atoms with van der Waals surface area (Å²) in [4.78, 5) is 34.4. The molecule has 0 saturated carbocycles. The second-order valence-corrected chi connectivity index (χ2v) is 11.6. The van der Waals surface area contributed by atoms with E-state index in [1.807, 2.05) is 0 Å². The lowest BCUT2D eigenvalue weighted by molar-refractivity contribution is -0.386. The molecule has 0 aromatic heterocycles. The van der Waals surface area contributed by atoms with E-state index in [0.717, 1.165) is 32.9 Å². The van der Waals surface area contributed by atoms with Gasteiger partial charge in [0.1, 0.15) is 0 Å². The minimum absolute atomic E-state index is 0.0654. The van der Waals surface area contributed by atoms with Gasteiger partial charge in [-0.1, -0.05) is 27.7 Å². The molecule has 0 amide bonds. The van der Waals surface area contributed by atoms with Crippen LogP contribution >= 0.6 is 0 Å².